The van der Waals surface area contributed by atoms with Crippen LogP contribution < -0.4 is 5.32 Å². The van der Waals surface area contributed by atoms with Crippen molar-refractivity contribution in [3.8, 4) is 0 Å². The molecule has 1 aromatic heterocycles. The summed E-state index contributed by atoms with van der Waals surface area (Å²) >= 11 is 0. The van der Waals surface area contributed by atoms with E-state index in [9.17, 15) is 0 Å². The van der Waals surface area contributed by atoms with Gasteiger partial charge in [-0.15, -0.1) is 0 Å². The number of aryl methyl sites for hydroxylation is 2. The van der Waals surface area contributed by atoms with Crippen molar-refractivity contribution < 1.29 is 0 Å². The van der Waals surface area contributed by atoms with Crippen molar-refractivity contribution in [2.45, 2.75) is 59.4 Å². The number of nitrogens with one attached hydrogen (secondary N) is 2. The molecule has 1 heterocycles. The van der Waals surface area contributed by atoms with Crippen molar-refractivity contribution in [1.82, 2.24) is 15.5 Å². The monoisotopic (exact) mass is 223 g/mol. The molecule has 0 aliphatic carbocycles. The van der Waals surface area contributed by atoms with Crippen LogP contribution >= 0.6 is 0 Å². The molecule has 1 aromatic rings. The summed E-state index contributed by atoms with van der Waals surface area (Å²) in [4.78, 5) is 0. The molecule has 0 aromatic carbocycles. The van der Waals surface area contributed by atoms with Crippen LogP contribution in [-0.2, 0) is 12.8 Å². The lowest BCUT2D eigenvalue weighted by atomic mass is 9.99. The van der Waals surface area contributed by atoms with Gasteiger partial charge in [0.1, 0.15) is 0 Å². The van der Waals surface area contributed by atoms with Crippen LogP contribution in [0.4, 0.5) is 0 Å². The predicted molar refractivity (Wildman–Crippen MR) is 68.7 cm³/mol. The summed E-state index contributed by atoms with van der Waals surface area (Å²) in [6.07, 6.45) is 4.35. The van der Waals surface area contributed by atoms with Gasteiger partial charge in [-0.3, -0.25) is 5.10 Å². The number of H-pyrrole nitrogens is 1. The minimum Gasteiger partial charge on any atom is -0.310 e. The smallest absolute Gasteiger partial charge is 0.0670 e. The van der Waals surface area contributed by atoms with Crippen LogP contribution in [0.3, 0.4) is 0 Å². The number of nitrogens with zero attached hydrogens (tertiary/aromatic N) is 1. The van der Waals surface area contributed by atoms with Crippen molar-refractivity contribution in [2.24, 2.45) is 0 Å². The summed E-state index contributed by atoms with van der Waals surface area (Å²) in [6.45, 7) is 9.88. The maximum atomic E-state index is 4.42. The molecule has 0 radical (unpaired) electrons. The van der Waals surface area contributed by atoms with Gasteiger partial charge in [-0.05, 0) is 32.2 Å². The Hall–Kier alpha value is -0.830. The molecule has 1 unspecified atom stereocenters. The van der Waals surface area contributed by atoms with Crippen LogP contribution in [-0.4, -0.2) is 16.7 Å². The number of hydrogen-bond acceptors (Lipinski definition) is 2. The Morgan fingerprint density at radius 2 is 1.94 bits per heavy atom. The highest BCUT2D eigenvalue weighted by atomic mass is 15.1. The largest absolute Gasteiger partial charge is 0.310 e. The fourth-order valence-electron chi connectivity index (χ4n) is 2.15. The molecule has 16 heavy (non-hydrogen) atoms. The minimum absolute atomic E-state index is 0.462. The molecule has 1 rings (SSSR count). The third kappa shape index (κ3) is 2.85. The molecule has 0 aliphatic rings. The zero-order valence-electron chi connectivity index (χ0n) is 11.1. The highest BCUT2D eigenvalue weighted by molar-refractivity contribution is 5.29. The van der Waals surface area contributed by atoms with E-state index in [0.29, 0.717) is 6.04 Å². The summed E-state index contributed by atoms with van der Waals surface area (Å²) in [5.41, 5.74) is 3.94. The van der Waals surface area contributed by atoms with Gasteiger partial charge in [-0.25, -0.2) is 0 Å². The zero-order valence-corrected chi connectivity index (χ0v) is 11.1. The van der Waals surface area contributed by atoms with E-state index in [1.165, 1.54) is 23.4 Å². The van der Waals surface area contributed by atoms with Crippen LogP contribution in [0.25, 0.3) is 0 Å². The summed E-state index contributed by atoms with van der Waals surface area (Å²) in [5.74, 6) is 0. The number of aromatic amines is 1. The molecule has 0 saturated carbocycles. The predicted octanol–water partition coefficient (Wildman–Crippen LogP) is 2.99. The fraction of sp³-hybridized carbons (Fsp3) is 0.769. The maximum Gasteiger partial charge on any atom is 0.0670 e. The van der Waals surface area contributed by atoms with Crippen molar-refractivity contribution in [1.29, 1.82) is 0 Å². The summed E-state index contributed by atoms with van der Waals surface area (Å²) in [6, 6.07) is 0.462. The van der Waals surface area contributed by atoms with Gasteiger partial charge in [0.2, 0.25) is 0 Å². The van der Waals surface area contributed by atoms with Crippen LogP contribution in [0.15, 0.2) is 0 Å². The Morgan fingerprint density at radius 1 is 1.19 bits per heavy atom. The second-order valence-corrected chi connectivity index (χ2v) is 4.18. The number of aromatic nitrogens is 2. The molecule has 0 saturated heterocycles. The second kappa shape index (κ2) is 6.69. The third-order valence-electron chi connectivity index (χ3n) is 3.05. The first-order chi connectivity index (χ1) is 7.78. The first-order valence-electron chi connectivity index (χ1n) is 6.57. The highest BCUT2D eigenvalue weighted by Gasteiger charge is 2.18. The van der Waals surface area contributed by atoms with Gasteiger partial charge in [0.15, 0.2) is 0 Å². The van der Waals surface area contributed by atoms with Crippen molar-refractivity contribution in [3.05, 3.63) is 17.0 Å². The van der Waals surface area contributed by atoms with E-state index < -0.39 is 0 Å². The SMILES string of the molecule is CCCNC(CC)c1c(CC)n[nH]c1CC. The molecule has 0 amide bonds. The lowest BCUT2D eigenvalue weighted by Gasteiger charge is -2.18. The molecular formula is C13H25N3. The molecule has 92 valence electrons. The quantitative estimate of drug-likeness (QED) is 0.746. The van der Waals surface area contributed by atoms with Crippen molar-refractivity contribution in [2.75, 3.05) is 6.54 Å². The van der Waals surface area contributed by atoms with Gasteiger partial charge in [0.05, 0.1) is 5.69 Å². The lowest BCUT2D eigenvalue weighted by Crippen LogP contribution is -2.23. The highest BCUT2D eigenvalue weighted by Crippen LogP contribution is 2.24. The topological polar surface area (TPSA) is 40.7 Å². The van der Waals surface area contributed by atoms with Crippen molar-refractivity contribution >= 4 is 0 Å². The molecule has 1 atom stereocenters. The van der Waals surface area contributed by atoms with Gasteiger partial charge in [-0.1, -0.05) is 27.7 Å². The van der Waals surface area contributed by atoms with E-state index in [2.05, 4.69) is 43.2 Å². The second-order valence-electron chi connectivity index (χ2n) is 4.18. The van der Waals surface area contributed by atoms with Crippen LogP contribution in [0.5, 0.6) is 0 Å². The van der Waals surface area contributed by atoms with Gasteiger partial charge >= 0.3 is 0 Å². The molecule has 3 nitrogen and oxygen atoms in total. The summed E-state index contributed by atoms with van der Waals surface area (Å²) in [5, 5.41) is 11.2. The van der Waals surface area contributed by atoms with Crippen LogP contribution in [0.1, 0.15) is 63.5 Å². The van der Waals surface area contributed by atoms with Gasteiger partial charge in [-0.2, -0.15) is 5.10 Å². The molecule has 0 fully saturated rings. The minimum atomic E-state index is 0.462. The molecule has 3 heteroatoms. The molecule has 2 N–H and O–H groups in total. The molecule has 0 aliphatic heterocycles. The Labute approximate surface area is 99.0 Å². The van der Waals surface area contributed by atoms with E-state index in [1.807, 2.05) is 0 Å². The standard InChI is InChI=1S/C13H25N3/c1-5-9-14-10(6-2)13-11(7-3)15-16-12(13)8-4/h10,14H,5-9H2,1-4H3,(H,15,16). The Kier molecular flexibility index (Phi) is 5.53. The summed E-state index contributed by atoms with van der Waals surface area (Å²) < 4.78 is 0. The maximum absolute atomic E-state index is 4.42. The molecule has 0 bridgehead atoms. The number of hydrogen-bond donors (Lipinski definition) is 2. The van der Waals surface area contributed by atoms with E-state index in [4.69, 9.17) is 0 Å². The average molecular weight is 223 g/mol. The fourth-order valence-corrected chi connectivity index (χ4v) is 2.15. The number of rotatable bonds is 7. The first kappa shape index (κ1) is 13.2. The van der Waals surface area contributed by atoms with Crippen LogP contribution in [0.2, 0.25) is 0 Å². The van der Waals surface area contributed by atoms with Crippen LogP contribution in [0, 0.1) is 0 Å². The zero-order chi connectivity index (χ0) is 12.0. The first-order valence-corrected chi connectivity index (χ1v) is 6.57. The van der Waals surface area contributed by atoms with Gasteiger partial charge < -0.3 is 5.32 Å². The average Bonchev–Trinajstić information content (AvgIpc) is 2.73. The van der Waals surface area contributed by atoms with Gasteiger partial charge in [0.25, 0.3) is 0 Å². The van der Waals surface area contributed by atoms with E-state index in [-0.39, 0.29) is 0 Å². The molecule has 0 spiro atoms. The third-order valence-corrected chi connectivity index (χ3v) is 3.05. The normalized spacial score (nSPS) is 13.0. The summed E-state index contributed by atoms with van der Waals surface area (Å²) in [7, 11) is 0. The lowest BCUT2D eigenvalue weighted by molar-refractivity contribution is 0.512. The van der Waals surface area contributed by atoms with E-state index in [0.717, 1.165) is 25.8 Å². The Bertz CT molecular complexity index is 283. The van der Waals surface area contributed by atoms with Gasteiger partial charge in [0, 0.05) is 17.3 Å². The van der Waals surface area contributed by atoms with E-state index >= 15 is 0 Å². The molecular weight excluding hydrogens is 198 g/mol. The Balaban J connectivity index is 2.91. The van der Waals surface area contributed by atoms with E-state index in [1.54, 1.807) is 0 Å². The van der Waals surface area contributed by atoms with Crippen molar-refractivity contribution in [3.63, 3.8) is 0 Å². The Morgan fingerprint density at radius 3 is 2.44 bits per heavy atom.